The molecule has 0 aliphatic heterocycles. The van der Waals surface area contributed by atoms with Crippen molar-refractivity contribution < 1.29 is 13.6 Å². The van der Waals surface area contributed by atoms with Crippen molar-refractivity contribution in [3.63, 3.8) is 0 Å². The van der Waals surface area contributed by atoms with Crippen molar-refractivity contribution in [1.82, 2.24) is 4.08 Å². The van der Waals surface area contributed by atoms with Crippen LogP contribution in [0.4, 0.5) is 0 Å². The molecule has 0 aliphatic carbocycles. The monoisotopic (exact) mass is 291 g/mol. The van der Waals surface area contributed by atoms with Crippen molar-refractivity contribution >= 4 is 32.9 Å². The van der Waals surface area contributed by atoms with Gasteiger partial charge >= 0.3 is 7.75 Å². The molecule has 4 nitrogen and oxygen atoms in total. The van der Waals surface area contributed by atoms with Crippen LogP contribution in [0.1, 0.15) is 20.8 Å². The molecule has 13 heavy (non-hydrogen) atoms. The van der Waals surface area contributed by atoms with Crippen molar-refractivity contribution in [1.29, 1.82) is 0 Å². The Hall–Kier alpha value is 0.940. The van der Waals surface area contributed by atoms with Crippen molar-refractivity contribution in [2.45, 2.75) is 20.8 Å². The molecular formula is C6H15BrNO3PS. The number of halogens is 1. The van der Waals surface area contributed by atoms with E-state index in [1.165, 1.54) is 10.4 Å². The smallest absolute Gasteiger partial charge is 0.296 e. The topological polar surface area (TPSA) is 38.8 Å². The van der Waals surface area contributed by atoms with E-state index in [0.717, 1.165) is 0 Å². The third-order valence-electron chi connectivity index (χ3n) is 1.21. The molecule has 0 unspecified atom stereocenters. The summed E-state index contributed by atoms with van der Waals surface area (Å²) < 4.78 is 23.8. The van der Waals surface area contributed by atoms with Crippen molar-refractivity contribution in [2.75, 3.05) is 19.8 Å². The third-order valence-corrected chi connectivity index (χ3v) is 6.19. The summed E-state index contributed by atoms with van der Waals surface area (Å²) in [7, 11) is -1.89. The van der Waals surface area contributed by atoms with Gasteiger partial charge < -0.3 is 0 Å². The van der Waals surface area contributed by atoms with Crippen LogP contribution in [0.15, 0.2) is 0 Å². The van der Waals surface area contributed by atoms with E-state index in [1.807, 2.05) is 6.92 Å². The molecule has 0 amide bonds. The summed E-state index contributed by atoms with van der Waals surface area (Å²) in [6.45, 7) is 6.81. The minimum atomic E-state index is -3.08. The van der Waals surface area contributed by atoms with Crippen LogP contribution in [0.3, 0.4) is 0 Å². The van der Waals surface area contributed by atoms with E-state index < -0.39 is 7.75 Å². The second-order valence-electron chi connectivity index (χ2n) is 2.04. The molecule has 0 radical (unpaired) electrons. The molecule has 0 aromatic rings. The predicted octanol–water partition coefficient (Wildman–Crippen LogP) is 3.45. The van der Waals surface area contributed by atoms with Gasteiger partial charge in [0, 0.05) is 31.7 Å². The number of nitrogens with zero attached hydrogens (tertiary/aromatic N) is 1. The van der Waals surface area contributed by atoms with Gasteiger partial charge in [-0.1, -0.05) is 6.92 Å². The second-order valence-corrected chi connectivity index (χ2v) is 5.70. The highest BCUT2D eigenvalue weighted by Gasteiger charge is 2.32. The highest BCUT2D eigenvalue weighted by Crippen LogP contribution is 2.56. The maximum Gasteiger partial charge on any atom is 0.418 e. The van der Waals surface area contributed by atoms with E-state index in [4.69, 9.17) is 9.05 Å². The first-order chi connectivity index (χ1) is 6.14. The lowest BCUT2D eigenvalue weighted by molar-refractivity contribution is 0.195. The molecule has 0 saturated heterocycles. The summed E-state index contributed by atoms with van der Waals surface area (Å²) in [5.74, 6) is 0. The van der Waals surface area contributed by atoms with Crippen molar-refractivity contribution in [2.24, 2.45) is 0 Å². The normalized spacial score (nSPS) is 12.4. The summed E-state index contributed by atoms with van der Waals surface area (Å²) in [6, 6.07) is 0. The van der Waals surface area contributed by atoms with Crippen LogP contribution in [0, 0.1) is 0 Å². The lowest BCUT2D eigenvalue weighted by atomic mass is 10.8. The fourth-order valence-corrected chi connectivity index (χ4v) is 4.81. The Morgan fingerprint density at radius 3 is 2.00 bits per heavy atom. The van der Waals surface area contributed by atoms with E-state index in [9.17, 15) is 4.57 Å². The molecular weight excluding hydrogens is 277 g/mol. The van der Waals surface area contributed by atoms with Crippen LogP contribution in [0.25, 0.3) is 0 Å². The molecule has 0 fully saturated rings. The van der Waals surface area contributed by atoms with Crippen LogP contribution in [0.2, 0.25) is 0 Å². The summed E-state index contributed by atoms with van der Waals surface area (Å²) in [5.41, 5.74) is 0. The SMILES string of the molecule is CCOP(=O)(OCC)N(CC)SBr. The average Bonchev–Trinajstić information content (AvgIpc) is 2.07. The number of hydrogen-bond acceptors (Lipinski definition) is 4. The van der Waals surface area contributed by atoms with Crippen LogP contribution in [0.5, 0.6) is 0 Å². The van der Waals surface area contributed by atoms with Crippen molar-refractivity contribution in [3.8, 4) is 0 Å². The van der Waals surface area contributed by atoms with Crippen LogP contribution < -0.4 is 0 Å². The molecule has 0 bridgehead atoms. The lowest BCUT2D eigenvalue weighted by Gasteiger charge is -2.25. The molecule has 7 heteroatoms. The molecule has 0 N–H and O–H groups in total. The average molecular weight is 292 g/mol. The molecule has 0 heterocycles. The quantitative estimate of drug-likeness (QED) is 0.531. The van der Waals surface area contributed by atoms with Gasteiger partial charge in [-0.25, -0.2) is 4.57 Å². The fourth-order valence-electron chi connectivity index (χ4n) is 0.752. The van der Waals surface area contributed by atoms with Gasteiger partial charge in [0.2, 0.25) is 0 Å². The van der Waals surface area contributed by atoms with Gasteiger partial charge in [-0.2, -0.15) is 0 Å². The molecule has 0 rings (SSSR count). The van der Waals surface area contributed by atoms with E-state index >= 15 is 0 Å². The Balaban J connectivity index is 4.44. The van der Waals surface area contributed by atoms with E-state index in [0.29, 0.717) is 19.8 Å². The second kappa shape index (κ2) is 7.26. The Morgan fingerprint density at radius 1 is 1.31 bits per heavy atom. The van der Waals surface area contributed by atoms with Gasteiger partial charge in [0.05, 0.1) is 13.2 Å². The van der Waals surface area contributed by atoms with Gasteiger partial charge in [-0.05, 0) is 13.8 Å². The maximum absolute atomic E-state index is 12.0. The Kier molecular flexibility index (Phi) is 7.79. The summed E-state index contributed by atoms with van der Waals surface area (Å²) in [5, 5.41) is 0. The van der Waals surface area contributed by atoms with Gasteiger partial charge in [0.1, 0.15) is 0 Å². The molecule has 0 atom stereocenters. The van der Waals surface area contributed by atoms with E-state index in [-0.39, 0.29) is 0 Å². The molecule has 0 spiro atoms. The molecule has 0 saturated carbocycles. The minimum absolute atomic E-state index is 0.376. The first-order valence-electron chi connectivity index (χ1n) is 4.10. The first kappa shape index (κ1) is 13.9. The summed E-state index contributed by atoms with van der Waals surface area (Å²) in [4.78, 5) is 0. The maximum atomic E-state index is 12.0. The first-order valence-corrected chi connectivity index (χ1v) is 8.21. The minimum Gasteiger partial charge on any atom is -0.296 e. The fraction of sp³-hybridized carbons (Fsp3) is 1.00. The molecule has 0 aliphatic rings. The molecule has 0 aromatic heterocycles. The Bertz CT molecular complexity index is 169. The lowest BCUT2D eigenvalue weighted by Crippen LogP contribution is -2.14. The van der Waals surface area contributed by atoms with Gasteiger partial charge in [0.15, 0.2) is 0 Å². The van der Waals surface area contributed by atoms with E-state index in [2.05, 4.69) is 14.8 Å². The largest absolute Gasteiger partial charge is 0.418 e. The van der Waals surface area contributed by atoms with Crippen LogP contribution in [-0.2, 0) is 13.6 Å². The molecule has 80 valence electrons. The van der Waals surface area contributed by atoms with Crippen molar-refractivity contribution in [3.05, 3.63) is 0 Å². The Labute approximate surface area is 91.3 Å². The predicted molar refractivity (Wildman–Crippen MR) is 59.8 cm³/mol. The Morgan fingerprint density at radius 2 is 1.77 bits per heavy atom. The summed E-state index contributed by atoms with van der Waals surface area (Å²) in [6.07, 6.45) is 0. The van der Waals surface area contributed by atoms with Crippen LogP contribution >= 0.6 is 32.9 Å². The van der Waals surface area contributed by atoms with Gasteiger partial charge in [0.25, 0.3) is 0 Å². The zero-order chi connectivity index (χ0) is 10.3. The highest BCUT2D eigenvalue weighted by molar-refractivity contribution is 9.49. The van der Waals surface area contributed by atoms with Gasteiger partial charge in [-0.3, -0.25) is 9.05 Å². The number of hydrogen-bond donors (Lipinski definition) is 0. The molecule has 0 aromatic carbocycles. The van der Waals surface area contributed by atoms with E-state index in [1.54, 1.807) is 17.9 Å². The third kappa shape index (κ3) is 4.32. The van der Waals surface area contributed by atoms with Gasteiger partial charge in [-0.15, -0.1) is 4.08 Å². The zero-order valence-electron chi connectivity index (χ0n) is 8.03. The highest BCUT2D eigenvalue weighted by atomic mass is 79.9. The summed E-state index contributed by atoms with van der Waals surface area (Å²) >= 11 is 3.16. The standard InChI is InChI=1S/C6H15BrNO3PS/c1-4-8(13-7)12(9,10-5-2)11-6-3/h4-6H2,1-3H3. The zero-order valence-corrected chi connectivity index (χ0v) is 11.3. The number of rotatable bonds is 7. The van der Waals surface area contributed by atoms with Crippen LogP contribution in [-0.4, -0.2) is 23.8 Å².